The highest BCUT2D eigenvalue weighted by Gasteiger charge is 2.56. The molecule has 22 aromatic rings. The van der Waals surface area contributed by atoms with Crippen LogP contribution in [0.15, 0.2) is 352 Å². The molecule has 0 amide bonds. The summed E-state index contributed by atoms with van der Waals surface area (Å²) >= 11 is 6.46. The van der Waals surface area contributed by atoms with Crippen molar-refractivity contribution >= 4 is 112 Å². The van der Waals surface area contributed by atoms with Crippen LogP contribution >= 0.6 is 11.6 Å². The summed E-state index contributed by atoms with van der Waals surface area (Å²) in [6.07, 6.45) is 7.11. The maximum atomic E-state index is 6.46. The Hall–Kier alpha value is -15.3. The molecule has 0 N–H and O–H groups in total. The third-order valence-corrected chi connectivity index (χ3v) is 26.7. The first-order chi connectivity index (χ1) is 60.9. The molecule has 0 unspecified atom stereocenters. The number of aromatic nitrogens is 14. The van der Waals surface area contributed by atoms with Gasteiger partial charge in [-0.2, -0.15) is 29.9 Å². The molecule has 4 aliphatic carbocycles. The molecule has 12 aromatic carbocycles. The SMILES string of the molecule is C.C.C.CC1(C)OB(c2ccc3c(c2)C2(c4ccccc4-c4ccccc42)c2ccccc2-3)OC1(C)C.Clc1nc(-n2c3ccccc3c3ccccc32)nc(-n2c3ncccc3c3cccnc32)n1.c1ccc2c(c1)-c1ccccc1C21c2ccccc2-c2ccc(-c3nc(-n4c5ccccc5c5ccccc54)nc(-n4c5ncccc5c5cccnc54)n3)cc21. The molecule has 0 bridgehead atoms. The summed E-state index contributed by atoms with van der Waals surface area (Å²) in [5, 5.41) is 8.50. The number of benzene rings is 12. The van der Waals surface area contributed by atoms with Gasteiger partial charge >= 0.3 is 7.12 Å². The summed E-state index contributed by atoms with van der Waals surface area (Å²) < 4.78 is 20.9. The topological polar surface area (TPSA) is 167 Å². The van der Waals surface area contributed by atoms with Crippen LogP contribution in [-0.4, -0.2) is 86.4 Å². The van der Waals surface area contributed by atoms with Gasteiger partial charge in [0.05, 0.1) is 44.1 Å². The maximum Gasteiger partial charge on any atom is 0.494 e. The van der Waals surface area contributed by atoms with E-state index in [-0.39, 0.29) is 51.3 Å². The monoisotopic (exact) mass is 1660 g/mol. The summed E-state index contributed by atoms with van der Waals surface area (Å²) in [4.78, 5) is 48.8. The van der Waals surface area contributed by atoms with Gasteiger partial charge < -0.3 is 9.31 Å². The van der Waals surface area contributed by atoms with Crippen molar-refractivity contribution in [3.05, 3.63) is 402 Å². The van der Waals surface area contributed by atoms with Crippen LogP contribution in [0.5, 0.6) is 0 Å². The van der Waals surface area contributed by atoms with E-state index in [4.69, 9.17) is 50.8 Å². The normalized spacial score (nSPS) is 14.3. The fourth-order valence-electron chi connectivity index (χ4n) is 20.7. The molecule has 16 nitrogen and oxygen atoms in total. The number of halogens is 1. The van der Waals surface area contributed by atoms with Gasteiger partial charge in [-0.05, 0) is 213 Å². The molecule has 1 aliphatic heterocycles. The fourth-order valence-corrected chi connectivity index (χ4v) is 20.8. The Kier molecular flexibility index (Phi) is 17.9. The minimum atomic E-state index is -0.499. The summed E-state index contributed by atoms with van der Waals surface area (Å²) in [6.45, 7) is 8.45. The highest BCUT2D eigenvalue weighted by Crippen LogP contribution is 2.65. The molecule has 10 aromatic heterocycles. The van der Waals surface area contributed by atoms with Crippen molar-refractivity contribution in [2.75, 3.05) is 0 Å². The molecule has 610 valence electrons. The first kappa shape index (κ1) is 77.8. The van der Waals surface area contributed by atoms with Crippen LogP contribution in [0.3, 0.4) is 0 Å². The Balaban J connectivity index is 0.000000118. The molecule has 5 aliphatic rings. The summed E-state index contributed by atoms with van der Waals surface area (Å²) in [6, 6.07) is 116. The van der Waals surface area contributed by atoms with Gasteiger partial charge in [0.15, 0.2) is 5.82 Å². The number of hydrogen-bond acceptors (Lipinski definition) is 12. The number of hydrogen-bond donors (Lipinski definition) is 0. The van der Waals surface area contributed by atoms with E-state index in [0.717, 1.165) is 87.5 Å². The van der Waals surface area contributed by atoms with E-state index < -0.39 is 5.41 Å². The molecule has 1 saturated heterocycles. The number of para-hydroxylation sites is 4. The van der Waals surface area contributed by atoms with E-state index in [1.807, 2.05) is 86.8 Å². The minimum absolute atomic E-state index is 0. The predicted molar refractivity (Wildman–Crippen MR) is 514 cm³/mol. The predicted octanol–water partition coefficient (Wildman–Crippen LogP) is 24.6. The maximum absolute atomic E-state index is 6.46. The highest BCUT2D eigenvalue weighted by molar-refractivity contribution is 6.62. The molecular formula is C109H82BClN14O2. The molecular weight excluding hydrogens is 1580 g/mol. The van der Waals surface area contributed by atoms with Crippen LogP contribution in [0.1, 0.15) is 94.5 Å². The number of pyridine rings is 4. The van der Waals surface area contributed by atoms with Crippen molar-refractivity contribution in [2.45, 2.75) is 72.0 Å². The van der Waals surface area contributed by atoms with Gasteiger partial charge in [-0.15, -0.1) is 0 Å². The van der Waals surface area contributed by atoms with Gasteiger partial charge in [-0.25, -0.2) is 29.1 Å². The molecule has 18 heteroatoms. The first-order valence-corrected chi connectivity index (χ1v) is 42.1. The first-order valence-electron chi connectivity index (χ1n) is 41.7. The van der Waals surface area contributed by atoms with Crippen molar-refractivity contribution in [2.24, 2.45) is 0 Å². The second kappa shape index (κ2) is 29.2. The van der Waals surface area contributed by atoms with Crippen LogP contribution in [0.4, 0.5) is 0 Å². The van der Waals surface area contributed by atoms with Crippen molar-refractivity contribution in [3.63, 3.8) is 0 Å². The molecule has 0 atom stereocenters. The zero-order valence-electron chi connectivity index (χ0n) is 67.5. The second-order valence-electron chi connectivity index (χ2n) is 33.3. The lowest BCUT2D eigenvalue weighted by atomic mass is 9.68. The Morgan fingerprint density at radius 3 is 0.874 bits per heavy atom. The van der Waals surface area contributed by atoms with Crippen LogP contribution in [-0.2, 0) is 20.1 Å². The lowest BCUT2D eigenvalue weighted by Gasteiger charge is -2.32. The van der Waals surface area contributed by atoms with Gasteiger partial charge in [-0.1, -0.05) is 271 Å². The van der Waals surface area contributed by atoms with Crippen LogP contribution in [0, 0.1) is 0 Å². The standard InChI is InChI=1S/C50H29N7.C31H27BO2.C25H14ClN7.3CH4/c1-6-20-39-31(13-1)32-14-2-7-21-40(32)50(39)41-22-8-3-15-33(41)34-26-25-30(29-42(34)50)45-53-48(56-43-23-9-4-16-35(43)36-17-5-10-24-44(36)56)55-49(54-45)57-46-37(18-11-27-51-46)38-19-12-28-52-47(38)57;1-29(2)30(3,4)34-32(33-29)20-17-18-24-23-13-7-10-16-27(23)31(28(24)19-20)25-14-8-5-11-21(25)22-12-6-9-15-26(22)31;26-23-29-24(32-19-11-3-1-7-15(19)16-8-2-4-12-20(16)32)31-25(30-23)33-21-17(9-5-13-27-21)18-10-6-14-28-22(18)33;;;/h1-29H;5-19H,1-4H3;1-14H;3*1H4. The molecule has 127 heavy (non-hydrogen) atoms. The van der Waals surface area contributed by atoms with Crippen molar-refractivity contribution < 1.29 is 9.31 Å². The average molecular weight is 1670 g/mol. The van der Waals surface area contributed by atoms with Crippen molar-refractivity contribution in [3.8, 4) is 79.7 Å². The third-order valence-electron chi connectivity index (χ3n) is 26.5. The zero-order valence-corrected chi connectivity index (χ0v) is 68.3. The van der Waals surface area contributed by atoms with Gasteiger partial charge in [-0.3, -0.25) is 9.13 Å². The number of fused-ring (bicyclic) bond motifs is 32. The van der Waals surface area contributed by atoms with Crippen molar-refractivity contribution in [1.82, 2.24) is 68.1 Å². The lowest BCUT2D eigenvalue weighted by molar-refractivity contribution is 0.00578. The number of rotatable bonds is 6. The third kappa shape index (κ3) is 11.1. The van der Waals surface area contributed by atoms with E-state index in [1.165, 1.54) is 89.0 Å². The Bertz CT molecular complexity index is 7690. The van der Waals surface area contributed by atoms with Crippen LogP contribution in [0.2, 0.25) is 5.28 Å². The van der Waals surface area contributed by atoms with Gasteiger partial charge in [0.25, 0.3) is 0 Å². The van der Waals surface area contributed by atoms with E-state index in [1.54, 1.807) is 12.4 Å². The largest absolute Gasteiger partial charge is 0.494 e. The van der Waals surface area contributed by atoms with Crippen LogP contribution in [0.25, 0.3) is 167 Å². The molecule has 27 rings (SSSR count). The Morgan fingerprint density at radius 2 is 0.528 bits per heavy atom. The summed E-state index contributed by atoms with van der Waals surface area (Å²) in [5.41, 5.74) is 28.0. The molecule has 11 heterocycles. The second-order valence-corrected chi connectivity index (χ2v) is 33.6. The van der Waals surface area contributed by atoms with Gasteiger partial charge in [0.1, 0.15) is 22.6 Å². The zero-order chi connectivity index (χ0) is 82.5. The lowest BCUT2D eigenvalue weighted by Crippen LogP contribution is -2.41. The average Bonchev–Trinajstić information content (AvgIpc) is 1.51. The smallest absolute Gasteiger partial charge is 0.399 e. The van der Waals surface area contributed by atoms with E-state index in [0.29, 0.717) is 40.9 Å². The van der Waals surface area contributed by atoms with Crippen molar-refractivity contribution in [1.29, 1.82) is 0 Å². The quantitative estimate of drug-likeness (QED) is 0.145. The molecule has 0 radical (unpaired) electrons. The van der Waals surface area contributed by atoms with Gasteiger partial charge in [0.2, 0.25) is 29.1 Å². The molecule has 0 saturated carbocycles. The minimum Gasteiger partial charge on any atom is -0.399 e. The van der Waals surface area contributed by atoms with Crippen LogP contribution < -0.4 is 5.46 Å². The highest BCUT2D eigenvalue weighted by atomic mass is 35.5. The molecule has 1 fully saturated rings. The Labute approximate surface area is 738 Å². The summed E-state index contributed by atoms with van der Waals surface area (Å²) in [7, 11) is -0.386. The van der Waals surface area contributed by atoms with E-state index >= 15 is 0 Å². The Morgan fingerprint density at radius 1 is 0.260 bits per heavy atom. The van der Waals surface area contributed by atoms with E-state index in [9.17, 15) is 0 Å². The van der Waals surface area contributed by atoms with E-state index in [2.05, 4.69) is 319 Å². The fraction of sp³-hybridized carbons (Fsp3) is 0.101. The van der Waals surface area contributed by atoms with Gasteiger partial charge in [0, 0.05) is 73.4 Å². The summed E-state index contributed by atoms with van der Waals surface area (Å²) in [5.74, 6) is 2.33. The molecule has 2 spiro atoms. The number of nitrogens with zero attached hydrogens (tertiary/aromatic N) is 14.